The predicted molar refractivity (Wildman–Crippen MR) is 75.5 cm³/mol. The Balaban J connectivity index is 1.70. The van der Waals surface area contributed by atoms with Gasteiger partial charge in [0, 0.05) is 4.47 Å². The molecule has 0 spiro atoms. The average Bonchev–Trinajstić information content (AvgIpc) is 3.08. The van der Waals surface area contributed by atoms with Crippen LogP contribution in [-0.2, 0) is 6.61 Å². The highest BCUT2D eigenvalue weighted by Crippen LogP contribution is 2.28. The molecule has 0 atom stereocenters. The SMILES string of the molecule is Clc1cc(Br)ccc1OCc1noc(-c2ccco2)n1. The lowest BCUT2D eigenvalue weighted by Crippen LogP contribution is -1.98. The summed E-state index contributed by atoms with van der Waals surface area (Å²) in [5.74, 6) is 1.80. The lowest BCUT2D eigenvalue weighted by atomic mass is 10.3. The Morgan fingerprint density at radius 1 is 1.30 bits per heavy atom. The fourth-order valence-electron chi connectivity index (χ4n) is 1.55. The summed E-state index contributed by atoms with van der Waals surface area (Å²) < 4.78 is 16.7. The van der Waals surface area contributed by atoms with Crippen LogP contribution in [0, 0.1) is 0 Å². The first-order valence-corrected chi connectivity index (χ1v) is 6.84. The second kappa shape index (κ2) is 5.68. The minimum atomic E-state index is 0.158. The van der Waals surface area contributed by atoms with Crippen LogP contribution in [0.4, 0.5) is 0 Å². The van der Waals surface area contributed by atoms with Gasteiger partial charge in [0.05, 0.1) is 11.3 Å². The van der Waals surface area contributed by atoms with E-state index < -0.39 is 0 Å². The summed E-state index contributed by atoms with van der Waals surface area (Å²) in [6, 6.07) is 8.84. The fraction of sp³-hybridized carbons (Fsp3) is 0.0769. The molecule has 0 N–H and O–H groups in total. The molecule has 0 aliphatic rings. The van der Waals surface area contributed by atoms with Crippen molar-refractivity contribution in [1.29, 1.82) is 0 Å². The number of aromatic nitrogens is 2. The zero-order valence-corrected chi connectivity index (χ0v) is 12.4. The molecule has 3 rings (SSSR count). The molecule has 5 nitrogen and oxygen atoms in total. The quantitative estimate of drug-likeness (QED) is 0.697. The van der Waals surface area contributed by atoms with Crippen molar-refractivity contribution in [3.63, 3.8) is 0 Å². The maximum atomic E-state index is 6.05. The molecule has 0 radical (unpaired) electrons. The Morgan fingerprint density at radius 2 is 2.20 bits per heavy atom. The molecule has 2 heterocycles. The Labute approximate surface area is 127 Å². The summed E-state index contributed by atoms with van der Waals surface area (Å²) in [4.78, 5) is 4.17. The smallest absolute Gasteiger partial charge is 0.293 e. The molecule has 0 aliphatic carbocycles. The van der Waals surface area contributed by atoms with Crippen LogP contribution < -0.4 is 4.74 Å². The van der Waals surface area contributed by atoms with Crippen molar-refractivity contribution in [2.75, 3.05) is 0 Å². The highest BCUT2D eigenvalue weighted by molar-refractivity contribution is 9.10. The third kappa shape index (κ3) is 2.86. The number of rotatable bonds is 4. The van der Waals surface area contributed by atoms with Gasteiger partial charge in [-0.2, -0.15) is 4.98 Å². The highest BCUT2D eigenvalue weighted by atomic mass is 79.9. The van der Waals surface area contributed by atoms with E-state index in [4.69, 9.17) is 25.3 Å². The number of halogens is 2. The standard InChI is InChI=1S/C13H8BrClN2O3/c14-8-3-4-10(9(15)6-8)19-7-12-16-13(20-17-12)11-2-1-5-18-11/h1-6H,7H2. The van der Waals surface area contributed by atoms with Crippen LogP contribution in [0.2, 0.25) is 5.02 Å². The van der Waals surface area contributed by atoms with Crippen LogP contribution in [0.3, 0.4) is 0 Å². The molecule has 0 aliphatic heterocycles. The molecule has 0 bridgehead atoms. The number of furan rings is 1. The molecular weight excluding hydrogens is 348 g/mol. The van der Waals surface area contributed by atoms with Crippen LogP contribution in [0.25, 0.3) is 11.7 Å². The van der Waals surface area contributed by atoms with Gasteiger partial charge in [0.15, 0.2) is 12.4 Å². The summed E-state index contributed by atoms with van der Waals surface area (Å²) in [7, 11) is 0. The van der Waals surface area contributed by atoms with Crippen LogP contribution in [0.1, 0.15) is 5.82 Å². The monoisotopic (exact) mass is 354 g/mol. The summed E-state index contributed by atoms with van der Waals surface area (Å²) in [5.41, 5.74) is 0. The van der Waals surface area contributed by atoms with E-state index in [0.717, 1.165) is 4.47 Å². The first kappa shape index (κ1) is 13.2. The second-order valence-corrected chi connectivity index (χ2v) is 5.18. The van der Waals surface area contributed by atoms with Gasteiger partial charge in [-0.1, -0.05) is 32.7 Å². The van der Waals surface area contributed by atoms with E-state index in [9.17, 15) is 0 Å². The number of ether oxygens (including phenoxy) is 1. The van der Waals surface area contributed by atoms with E-state index in [1.165, 1.54) is 6.26 Å². The number of hydrogen-bond donors (Lipinski definition) is 0. The number of nitrogens with zero attached hydrogens (tertiary/aromatic N) is 2. The van der Waals surface area contributed by atoms with Gasteiger partial charge >= 0.3 is 0 Å². The van der Waals surface area contributed by atoms with Crippen molar-refractivity contribution in [3.05, 3.63) is 51.9 Å². The van der Waals surface area contributed by atoms with E-state index >= 15 is 0 Å². The van der Waals surface area contributed by atoms with Crippen LogP contribution >= 0.6 is 27.5 Å². The fourth-order valence-corrected chi connectivity index (χ4v) is 2.28. The van der Waals surface area contributed by atoms with Crippen molar-refractivity contribution < 1.29 is 13.7 Å². The minimum Gasteiger partial charge on any atom is -0.484 e. The predicted octanol–water partition coefficient (Wildman–Crippen LogP) is 4.32. The molecule has 20 heavy (non-hydrogen) atoms. The molecule has 7 heteroatoms. The summed E-state index contributed by atoms with van der Waals surface area (Å²) >= 11 is 9.38. The Morgan fingerprint density at radius 3 is 2.95 bits per heavy atom. The van der Waals surface area contributed by atoms with Crippen LogP contribution in [-0.4, -0.2) is 10.1 Å². The Hall–Kier alpha value is -1.79. The van der Waals surface area contributed by atoms with Gasteiger partial charge in [0.1, 0.15) is 5.75 Å². The van der Waals surface area contributed by atoms with E-state index in [1.54, 1.807) is 24.3 Å². The molecule has 0 fully saturated rings. The van der Waals surface area contributed by atoms with Gasteiger partial charge in [-0.3, -0.25) is 0 Å². The topological polar surface area (TPSA) is 61.3 Å². The van der Waals surface area contributed by atoms with Gasteiger partial charge in [0.2, 0.25) is 5.82 Å². The van der Waals surface area contributed by atoms with Gasteiger partial charge in [0.25, 0.3) is 5.89 Å². The molecule has 102 valence electrons. The van der Waals surface area contributed by atoms with Gasteiger partial charge in [-0.05, 0) is 30.3 Å². The van der Waals surface area contributed by atoms with Gasteiger partial charge in [-0.25, -0.2) is 0 Å². The van der Waals surface area contributed by atoms with E-state index in [-0.39, 0.29) is 6.61 Å². The van der Waals surface area contributed by atoms with Crippen molar-refractivity contribution in [2.24, 2.45) is 0 Å². The first-order valence-electron chi connectivity index (χ1n) is 5.67. The lowest BCUT2D eigenvalue weighted by molar-refractivity contribution is 0.287. The normalized spacial score (nSPS) is 10.7. The first-order chi connectivity index (χ1) is 9.72. The molecule has 0 saturated heterocycles. The highest BCUT2D eigenvalue weighted by Gasteiger charge is 2.12. The van der Waals surface area contributed by atoms with Gasteiger partial charge < -0.3 is 13.7 Å². The molecule has 0 amide bonds. The zero-order chi connectivity index (χ0) is 13.9. The minimum absolute atomic E-state index is 0.158. The lowest BCUT2D eigenvalue weighted by Gasteiger charge is -2.05. The third-order valence-electron chi connectivity index (χ3n) is 2.45. The maximum Gasteiger partial charge on any atom is 0.293 e. The zero-order valence-electron chi connectivity index (χ0n) is 10.0. The van der Waals surface area contributed by atoms with Crippen LogP contribution in [0.15, 0.2) is 50.0 Å². The summed E-state index contributed by atoms with van der Waals surface area (Å²) in [5, 5.41) is 4.32. The Kier molecular flexibility index (Phi) is 3.75. The van der Waals surface area contributed by atoms with Crippen molar-refractivity contribution >= 4 is 27.5 Å². The van der Waals surface area contributed by atoms with E-state index in [0.29, 0.717) is 28.2 Å². The second-order valence-electron chi connectivity index (χ2n) is 3.86. The van der Waals surface area contributed by atoms with Gasteiger partial charge in [-0.15, -0.1) is 0 Å². The molecule has 0 unspecified atom stereocenters. The number of benzene rings is 1. The molecule has 3 aromatic rings. The van der Waals surface area contributed by atoms with Crippen molar-refractivity contribution in [3.8, 4) is 17.4 Å². The van der Waals surface area contributed by atoms with Crippen molar-refractivity contribution in [1.82, 2.24) is 10.1 Å². The average molecular weight is 356 g/mol. The Bertz CT molecular complexity index is 712. The molecular formula is C13H8BrClN2O3. The maximum absolute atomic E-state index is 6.05. The third-order valence-corrected chi connectivity index (χ3v) is 3.24. The summed E-state index contributed by atoms with van der Waals surface area (Å²) in [6.07, 6.45) is 1.54. The molecule has 0 saturated carbocycles. The van der Waals surface area contributed by atoms with E-state index in [2.05, 4.69) is 26.1 Å². The summed E-state index contributed by atoms with van der Waals surface area (Å²) in [6.45, 7) is 0.158. The molecule has 2 aromatic heterocycles. The number of hydrogen-bond acceptors (Lipinski definition) is 5. The van der Waals surface area contributed by atoms with Crippen LogP contribution in [0.5, 0.6) is 5.75 Å². The molecule has 1 aromatic carbocycles. The largest absolute Gasteiger partial charge is 0.484 e. The van der Waals surface area contributed by atoms with E-state index in [1.807, 2.05) is 6.07 Å². The van der Waals surface area contributed by atoms with Crippen molar-refractivity contribution in [2.45, 2.75) is 6.61 Å².